The Hall–Kier alpha value is -1.98. The topological polar surface area (TPSA) is 15.7 Å². The second-order valence-electron chi connectivity index (χ2n) is 6.15. The summed E-state index contributed by atoms with van der Waals surface area (Å²) in [6, 6.07) is 12.3. The molecule has 0 unspecified atom stereocenters. The van der Waals surface area contributed by atoms with Crippen LogP contribution in [0.1, 0.15) is 11.1 Å². The van der Waals surface area contributed by atoms with Crippen LogP contribution in [0.25, 0.3) is 0 Å². The molecule has 0 aliphatic carbocycles. The minimum atomic E-state index is -0.790. The average Bonchev–Trinajstić information content (AvgIpc) is 2.60. The lowest BCUT2D eigenvalue weighted by molar-refractivity contribution is 0.122. The summed E-state index contributed by atoms with van der Waals surface area (Å²) in [5, 5.41) is 0. The summed E-state index contributed by atoms with van der Waals surface area (Å²) in [5.41, 5.74) is 2.05. The van der Waals surface area contributed by atoms with Gasteiger partial charge in [0, 0.05) is 39.3 Å². The zero-order chi connectivity index (χ0) is 16.9. The van der Waals surface area contributed by atoms with E-state index in [1.54, 1.807) is 13.2 Å². The highest BCUT2D eigenvalue weighted by Crippen LogP contribution is 2.16. The summed E-state index contributed by atoms with van der Waals surface area (Å²) in [5.74, 6) is -0.685. The van der Waals surface area contributed by atoms with Gasteiger partial charge in [-0.25, -0.2) is 8.78 Å². The monoisotopic (exact) mass is 332 g/mol. The summed E-state index contributed by atoms with van der Waals surface area (Å²) < 4.78 is 31.5. The Kier molecular flexibility index (Phi) is 5.43. The third-order valence-electron chi connectivity index (χ3n) is 4.40. The van der Waals surface area contributed by atoms with Crippen LogP contribution in [0.2, 0.25) is 0 Å². The maximum atomic E-state index is 13.3. The molecule has 24 heavy (non-hydrogen) atoms. The standard InChI is InChI=1S/C19H22F2N2O/c1-24-17-4-2-3-15(11-17)13-22-7-9-23(10-8-22)14-16-5-6-18(20)19(21)12-16/h2-6,11-12H,7-10,13-14H2,1H3. The Labute approximate surface area is 141 Å². The van der Waals surface area contributed by atoms with Gasteiger partial charge in [0.25, 0.3) is 0 Å². The third kappa shape index (κ3) is 4.30. The zero-order valence-electron chi connectivity index (χ0n) is 13.8. The number of ether oxygens (including phenoxy) is 1. The fourth-order valence-electron chi connectivity index (χ4n) is 3.03. The molecule has 1 saturated heterocycles. The van der Waals surface area contributed by atoms with Crippen LogP contribution in [-0.2, 0) is 13.1 Å². The molecule has 0 bridgehead atoms. The molecule has 0 amide bonds. The van der Waals surface area contributed by atoms with Gasteiger partial charge in [0.1, 0.15) is 5.75 Å². The van der Waals surface area contributed by atoms with Crippen molar-refractivity contribution in [2.75, 3.05) is 33.3 Å². The molecule has 0 atom stereocenters. The first kappa shape index (κ1) is 16.9. The van der Waals surface area contributed by atoms with Crippen LogP contribution in [0.5, 0.6) is 5.75 Å². The molecule has 2 aromatic carbocycles. The maximum Gasteiger partial charge on any atom is 0.159 e. The molecule has 0 saturated carbocycles. The highest BCUT2D eigenvalue weighted by atomic mass is 19.2. The lowest BCUT2D eigenvalue weighted by Gasteiger charge is -2.34. The van der Waals surface area contributed by atoms with Gasteiger partial charge in [-0.3, -0.25) is 9.80 Å². The van der Waals surface area contributed by atoms with Crippen molar-refractivity contribution in [1.82, 2.24) is 9.80 Å². The minimum Gasteiger partial charge on any atom is -0.497 e. The van der Waals surface area contributed by atoms with Crippen LogP contribution >= 0.6 is 0 Å². The minimum absolute atomic E-state index is 0.657. The Balaban J connectivity index is 1.51. The van der Waals surface area contributed by atoms with Gasteiger partial charge < -0.3 is 4.74 Å². The molecule has 128 valence electrons. The summed E-state index contributed by atoms with van der Waals surface area (Å²) in [6.45, 7) is 5.31. The molecule has 3 nitrogen and oxygen atoms in total. The van der Waals surface area contributed by atoms with Crippen molar-refractivity contribution in [2.45, 2.75) is 13.1 Å². The fraction of sp³-hybridized carbons (Fsp3) is 0.368. The third-order valence-corrected chi connectivity index (χ3v) is 4.40. The summed E-state index contributed by atoms with van der Waals surface area (Å²) in [4.78, 5) is 4.67. The van der Waals surface area contributed by atoms with Gasteiger partial charge >= 0.3 is 0 Å². The van der Waals surface area contributed by atoms with E-state index in [4.69, 9.17) is 4.74 Å². The highest BCUT2D eigenvalue weighted by Gasteiger charge is 2.17. The van der Waals surface area contributed by atoms with Gasteiger partial charge in [-0.15, -0.1) is 0 Å². The number of halogens is 2. The number of nitrogens with zero attached hydrogens (tertiary/aromatic N) is 2. The quantitative estimate of drug-likeness (QED) is 0.836. The van der Waals surface area contributed by atoms with Crippen LogP contribution in [0.15, 0.2) is 42.5 Å². The molecule has 1 aliphatic rings. The molecule has 0 radical (unpaired) electrons. The van der Waals surface area contributed by atoms with Crippen LogP contribution in [0, 0.1) is 11.6 Å². The number of hydrogen-bond donors (Lipinski definition) is 0. The molecule has 1 heterocycles. The summed E-state index contributed by atoms with van der Waals surface area (Å²) in [6.07, 6.45) is 0. The lowest BCUT2D eigenvalue weighted by atomic mass is 10.1. The Morgan fingerprint density at radius 2 is 1.46 bits per heavy atom. The molecule has 0 N–H and O–H groups in total. The number of benzene rings is 2. The smallest absolute Gasteiger partial charge is 0.159 e. The van der Waals surface area contributed by atoms with Crippen LogP contribution in [0.4, 0.5) is 8.78 Å². The van der Waals surface area contributed by atoms with Crippen molar-refractivity contribution in [3.63, 3.8) is 0 Å². The van der Waals surface area contributed by atoms with Gasteiger partial charge in [0.05, 0.1) is 7.11 Å². The van der Waals surface area contributed by atoms with E-state index in [0.29, 0.717) is 6.54 Å². The van der Waals surface area contributed by atoms with E-state index in [1.807, 2.05) is 12.1 Å². The average molecular weight is 332 g/mol. The van der Waals surface area contributed by atoms with E-state index in [-0.39, 0.29) is 0 Å². The van der Waals surface area contributed by atoms with Crippen LogP contribution in [0.3, 0.4) is 0 Å². The first-order valence-electron chi connectivity index (χ1n) is 8.15. The molecular weight excluding hydrogens is 310 g/mol. The van der Waals surface area contributed by atoms with Crippen molar-refractivity contribution >= 4 is 0 Å². The molecule has 0 aromatic heterocycles. The summed E-state index contributed by atoms with van der Waals surface area (Å²) >= 11 is 0. The van der Waals surface area contributed by atoms with E-state index in [1.165, 1.54) is 17.7 Å². The molecular formula is C19H22F2N2O. The van der Waals surface area contributed by atoms with Crippen molar-refractivity contribution in [2.24, 2.45) is 0 Å². The molecule has 5 heteroatoms. The lowest BCUT2D eigenvalue weighted by Crippen LogP contribution is -2.45. The predicted octanol–water partition coefficient (Wildman–Crippen LogP) is 3.29. The maximum absolute atomic E-state index is 13.3. The Bertz CT molecular complexity index is 685. The number of methoxy groups -OCH3 is 1. The van der Waals surface area contributed by atoms with Crippen molar-refractivity contribution in [1.29, 1.82) is 0 Å². The molecule has 1 aliphatic heterocycles. The number of piperazine rings is 1. The van der Waals surface area contributed by atoms with E-state index >= 15 is 0 Å². The fourth-order valence-corrected chi connectivity index (χ4v) is 3.03. The highest BCUT2D eigenvalue weighted by molar-refractivity contribution is 5.28. The van der Waals surface area contributed by atoms with Crippen molar-refractivity contribution in [3.8, 4) is 5.75 Å². The van der Waals surface area contributed by atoms with Gasteiger partial charge in [-0.1, -0.05) is 18.2 Å². The van der Waals surface area contributed by atoms with E-state index < -0.39 is 11.6 Å². The van der Waals surface area contributed by atoms with Crippen molar-refractivity contribution < 1.29 is 13.5 Å². The summed E-state index contributed by atoms with van der Waals surface area (Å²) in [7, 11) is 1.68. The van der Waals surface area contributed by atoms with Crippen molar-refractivity contribution in [3.05, 3.63) is 65.2 Å². The molecule has 0 spiro atoms. The van der Waals surface area contributed by atoms with Crippen LogP contribution in [-0.4, -0.2) is 43.1 Å². The van der Waals surface area contributed by atoms with Gasteiger partial charge in [0.2, 0.25) is 0 Å². The Morgan fingerprint density at radius 1 is 0.833 bits per heavy atom. The second kappa shape index (κ2) is 7.73. The van der Waals surface area contributed by atoms with E-state index in [9.17, 15) is 8.78 Å². The van der Waals surface area contributed by atoms with Gasteiger partial charge in [0.15, 0.2) is 11.6 Å². The molecule has 2 aromatic rings. The van der Waals surface area contributed by atoms with E-state index in [2.05, 4.69) is 21.9 Å². The first-order chi connectivity index (χ1) is 11.6. The second-order valence-corrected chi connectivity index (χ2v) is 6.15. The predicted molar refractivity (Wildman–Crippen MR) is 89.9 cm³/mol. The number of hydrogen-bond acceptors (Lipinski definition) is 3. The molecule has 3 rings (SSSR count). The molecule has 1 fully saturated rings. The zero-order valence-corrected chi connectivity index (χ0v) is 13.8. The number of rotatable bonds is 5. The first-order valence-corrected chi connectivity index (χ1v) is 8.15. The SMILES string of the molecule is COc1cccc(CN2CCN(Cc3ccc(F)c(F)c3)CC2)c1. The normalized spacial score (nSPS) is 16.3. The Morgan fingerprint density at radius 3 is 2.04 bits per heavy atom. The largest absolute Gasteiger partial charge is 0.497 e. The van der Waals surface area contributed by atoms with Gasteiger partial charge in [-0.05, 0) is 35.4 Å². The van der Waals surface area contributed by atoms with Crippen LogP contribution < -0.4 is 4.74 Å². The van der Waals surface area contributed by atoms with Gasteiger partial charge in [-0.2, -0.15) is 0 Å². The van der Waals surface area contributed by atoms with E-state index in [0.717, 1.165) is 44.0 Å².